The van der Waals surface area contributed by atoms with Gasteiger partial charge in [0, 0.05) is 16.8 Å². The first-order valence-corrected chi connectivity index (χ1v) is 12.1. The highest BCUT2D eigenvalue weighted by Crippen LogP contribution is 2.37. The Morgan fingerprint density at radius 2 is 1.00 bits per heavy atom. The highest BCUT2D eigenvalue weighted by atomic mass is 14.8. The monoisotopic (exact) mass is 475 g/mol. The summed E-state index contributed by atoms with van der Waals surface area (Å²) in [5, 5.41) is 0. The van der Waals surface area contributed by atoms with Gasteiger partial charge < -0.3 is 5.73 Å². The van der Waals surface area contributed by atoms with Crippen LogP contribution in [0.4, 0.5) is 5.69 Å². The Kier molecular flexibility index (Phi) is 4.86. The van der Waals surface area contributed by atoms with Gasteiger partial charge in [0.25, 0.3) is 0 Å². The maximum atomic E-state index is 6.41. The molecule has 0 fully saturated rings. The van der Waals surface area contributed by atoms with E-state index in [0.717, 1.165) is 73.6 Å². The molecule has 7 rings (SSSR count). The van der Waals surface area contributed by atoms with Crippen LogP contribution in [0.25, 0.3) is 16.7 Å². The Balaban J connectivity index is 1.46. The number of rotatable bonds is 2. The number of nitrogens with two attached hydrogens (primary N) is 1. The first-order valence-electron chi connectivity index (χ1n) is 12.1. The summed E-state index contributed by atoms with van der Waals surface area (Å²) in [6.07, 6.45) is 22.1. The minimum Gasteiger partial charge on any atom is -0.398 e. The lowest BCUT2D eigenvalue weighted by Gasteiger charge is -2.15. The van der Waals surface area contributed by atoms with Crippen molar-refractivity contribution in [2.45, 2.75) is 0 Å². The van der Waals surface area contributed by atoms with Crippen LogP contribution in [0, 0.1) is 0 Å². The van der Waals surface area contributed by atoms with Crippen LogP contribution in [0.1, 0.15) is 5.56 Å². The Morgan fingerprint density at radius 1 is 0.459 bits per heavy atom. The summed E-state index contributed by atoms with van der Waals surface area (Å²) in [5.41, 5.74) is 17.9. The van der Waals surface area contributed by atoms with E-state index in [1.807, 2.05) is 103 Å². The number of para-hydroxylation sites is 1. The minimum atomic E-state index is 0.728. The van der Waals surface area contributed by atoms with E-state index in [1.54, 1.807) is 0 Å². The Bertz CT molecular complexity index is 1760. The summed E-state index contributed by atoms with van der Waals surface area (Å²) < 4.78 is 0. The van der Waals surface area contributed by atoms with Crippen molar-refractivity contribution in [2.75, 3.05) is 5.73 Å². The van der Waals surface area contributed by atoms with Crippen molar-refractivity contribution in [3.63, 3.8) is 0 Å². The number of aliphatic imine (C=N–C) groups is 4. The number of anilines is 1. The molecule has 0 saturated heterocycles. The zero-order valence-corrected chi connectivity index (χ0v) is 19.8. The van der Waals surface area contributed by atoms with Crippen molar-refractivity contribution in [1.82, 2.24) is 0 Å². The van der Waals surface area contributed by atoms with Gasteiger partial charge in [-0.05, 0) is 84.0 Å². The zero-order valence-electron chi connectivity index (χ0n) is 19.8. The van der Waals surface area contributed by atoms with Gasteiger partial charge in [-0.15, -0.1) is 0 Å². The van der Waals surface area contributed by atoms with Crippen LogP contribution in [-0.4, -0.2) is 22.8 Å². The summed E-state index contributed by atoms with van der Waals surface area (Å²) in [7, 11) is 0. The molecule has 0 atom stereocenters. The molecule has 174 valence electrons. The quantitative estimate of drug-likeness (QED) is 0.505. The molecular weight excluding hydrogens is 454 g/mol. The molecular formula is C32H21N5. The molecule has 5 aliphatic heterocycles. The Hall–Kier alpha value is -5.16. The van der Waals surface area contributed by atoms with E-state index in [1.165, 1.54) is 0 Å². The average molecular weight is 476 g/mol. The van der Waals surface area contributed by atoms with Crippen LogP contribution < -0.4 is 5.73 Å². The SMILES string of the molecule is Nc1ccccc1-c1ccccc1C1=C2C=CC(=N2)C=C2C=CC(=N2)C=C2C=CC(=N2)C=C2C=CC1=N2. The normalized spacial score (nSPS) is 19.0. The summed E-state index contributed by atoms with van der Waals surface area (Å²) in [6.45, 7) is 0. The second-order valence-electron chi connectivity index (χ2n) is 9.04. The van der Waals surface area contributed by atoms with Crippen molar-refractivity contribution in [3.8, 4) is 11.1 Å². The average Bonchev–Trinajstić information content (AvgIpc) is 3.71. The molecule has 2 aromatic rings. The van der Waals surface area contributed by atoms with Gasteiger partial charge >= 0.3 is 0 Å². The molecule has 2 N–H and O–H groups in total. The number of benzene rings is 2. The highest BCUT2D eigenvalue weighted by Gasteiger charge is 2.22. The maximum absolute atomic E-state index is 6.41. The van der Waals surface area contributed by atoms with Gasteiger partial charge in [-0.25, -0.2) is 20.0 Å². The van der Waals surface area contributed by atoms with Gasteiger partial charge in [0.15, 0.2) is 0 Å². The van der Waals surface area contributed by atoms with Crippen molar-refractivity contribution < 1.29 is 0 Å². The topological polar surface area (TPSA) is 75.5 Å². The molecule has 0 spiro atoms. The fourth-order valence-electron chi connectivity index (χ4n) is 4.85. The van der Waals surface area contributed by atoms with Crippen molar-refractivity contribution in [2.24, 2.45) is 20.0 Å². The van der Waals surface area contributed by atoms with Gasteiger partial charge in [-0.3, -0.25) is 0 Å². The van der Waals surface area contributed by atoms with E-state index in [-0.39, 0.29) is 0 Å². The summed E-state index contributed by atoms with van der Waals surface area (Å²) in [6, 6.07) is 16.2. The largest absolute Gasteiger partial charge is 0.398 e. The zero-order chi connectivity index (χ0) is 24.8. The number of nitrogens with zero attached hydrogens (tertiary/aromatic N) is 4. The summed E-state index contributed by atoms with van der Waals surface area (Å²) in [4.78, 5) is 19.4. The maximum Gasteiger partial charge on any atom is 0.0738 e. The van der Waals surface area contributed by atoms with Gasteiger partial charge in [0.1, 0.15) is 0 Å². The molecule has 8 bridgehead atoms. The molecule has 5 nitrogen and oxygen atoms in total. The number of hydrogen-bond donors (Lipinski definition) is 1. The summed E-state index contributed by atoms with van der Waals surface area (Å²) >= 11 is 0. The van der Waals surface area contributed by atoms with Crippen LogP contribution in [0.5, 0.6) is 0 Å². The third-order valence-electron chi connectivity index (χ3n) is 6.54. The van der Waals surface area contributed by atoms with Crippen molar-refractivity contribution >= 4 is 34.1 Å². The number of nitrogen functional groups attached to an aromatic ring is 1. The van der Waals surface area contributed by atoms with E-state index in [9.17, 15) is 0 Å². The molecule has 0 radical (unpaired) electrons. The number of allylic oxidation sites excluding steroid dienone is 12. The van der Waals surface area contributed by atoms with Gasteiger partial charge in [-0.1, -0.05) is 42.5 Å². The van der Waals surface area contributed by atoms with Crippen LogP contribution in [0.2, 0.25) is 0 Å². The molecule has 0 aromatic heterocycles. The lowest BCUT2D eigenvalue weighted by molar-refractivity contribution is 1.41. The lowest BCUT2D eigenvalue weighted by atomic mass is 9.90. The Labute approximate surface area is 214 Å². The van der Waals surface area contributed by atoms with E-state index >= 15 is 0 Å². The highest BCUT2D eigenvalue weighted by molar-refractivity contribution is 6.33. The second-order valence-corrected chi connectivity index (χ2v) is 9.04. The number of hydrogen-bond acceptors (Lipinski definition) is 5. The predicted molar refractivity (Wildman–Crippen MR) is 154 cm³/mol. The lowest BCUT2D eigenvalue weighted by Crippen LogP contribution is -2.03. The first-order chi connectivity index (χ1) is 18.2. The fraction of sp³-hybridized carbons (Fsp3) is 0. The van der Waals surface area contributed by atoms with Gasteiger partial charge in [0.05, 0.1) is 45.6 Å². The minimum absolute atomic E-state index is 0.728. The summed E-state index contributed by atoms with van der Waals surface area (Å²) in [5.74, 6) is 0. The fourth-order valence-corrected chi connectivity index (χ4v) is 4.85. The molecule has 0 unspecified atom stereocenters. The third kappa shape index (κ3) is 3.93. The van der Waals surface area contributed by atoms with E-state index < -0.39 is 0 Å². The predicted octanol–water partition coefficient (Wildman–Crippen LogP) is 6.36. The molecule has 0 amide bonds. The smallest absolute Gasteiger partial charge is 0.0738 e. The standard InChI is InChI=1S/C32H21N5/c33-29-8-4-3-6-27(29)26-5-1-2-7-28(26)32-30-15-13-24(36-30)18-22-11-9-20(34-22)17-21-10-12-23(35-21)19-25-14-16-31(32)37-25/h1-19H,33H2. The molecule has 5 aliphatic rings. The van der Waals surface area contributed by atoms with Gasteiger partial charge in [0.2, 0.25) is 0 Å². The van der Waals surface area contributed by atoms with E-state index in [2.05, 4.69) is 12.1 Å². The van der Waals surface area contributed by atoms with E-state index in [4.69, 9.17) is 25.7 Å². The van der Waals surface area contributed by atoms with Crippen LogP contribution in [0.3, 0.4) is 0 Å². The Morgan fingerprint density at radius 3 is 1.70 bits per heavy atom. The first kappa shape index (κ1) is 21.1. The molecule has 0 saturated carbocycles. The third-order valence-corrected chi connectivity index (χ3v) is 6.54. The molecule has 2 aromatic carbocycles. The molecule has 0 aliphatic carbocycles. The number of fused-ring (bicyclic) bond motifs is 4. The van der Waals surface area contributed by atoms with Crippen LogP contribution in [0.15, 0.2) is 158 Å². The van der Waals surface area contributed by atoms with Crippen LogP contribution in [-0.2, 0) is 0 Å². The van der Waals surface area contributed by atoms with Crippen LogP contribution >= 0.6 is 0 Å². The second kappa shape index (κ2) is 8.50. The van der Waals surface area contributed by atoms with Crippen molar-refractivity contribution in [3.05, 3.63) is 144 Å². The molecule has 5 heteroatoms. The molecule has 37 heavy (non-hydrogen) atoms. The van der Waals surface area contributed by atoms with Gasteiger partial charge in [-0.2, -0.15) is 0 Å². The van der Waals surface area contributed by atoms with E-state index in [0.29, 0.717) is 0 Å². The van der Waals surface area contributed by atoms with Crippen molar-refractivity contribution in [1.29, 1.82) is 0 Å². The molecule has 5 heterocycles.